The van der Waals surface area contributed by atoms with Crippen molar-refractivity contribution >= 4 is 34.1 Å². The first-order valence-corrected chi connectivity index (χ1v) is 12.0. The van der Waals surface area contributed by atoms with Crippen LogP contribution >= 0.6 is 11.3 Å². The number of aryl methyl sites for hydroxylation is 2. The van der Waals surface area contributed by atoms with E-state index >= 15 is 0 Å². The molecule has 2 aromatic heterocycles. The fraction of sp³-hybridized carbons (Fsp3) is 0.308. The number of pyridine rings is 1. The maximum absolute atomic E-state index is 12.8. The number of amides is 2. The van der Waals surface area contributed by atoms with Gasteiger partial charge in [0.15, 0.2) is 5.13 Å². The lowest BCUT2D eigenvalue weighted by molar-refractivity contribution is -0.117. The molecule has 178 valence electrons. The summed E-state index contributed by atoms with van der Waals surface area (Å²) in [7, 11) is 3.88. The van der Waals surface area contributed by atoms with Crippen LogP contribution in [0.4, 0.5) is 10.9 Å². The third kappa shape index (κ3) is 6.82. The van der Waals surface area contributed by atoms with Gasteiger partial charge in [-0.25, -0.2) is 9.97 Å². The first kappa shape index (κ1) is 25.3. The zero-order valence-electron chi connectivity index (χ0n) is 20.3. The number of rotatable bonds is 9. The number of hydrogen-bond acceptors (Lipinski definition) is 6. The first-order valence-electron chi connectivity index (χ1n) is 11.2. The van der Waals surface area contributed by atoms with Crippen LogP contribution in [0.25, 0.3) is 11.1 Å². The van der Waals surface area contributed by atoms with E-state index in [-0.39, 0.29) is 17.7 Å². The lowest BCUT2D eigenvalue weighted by Gasteiger charge is -2.13. The normalized spacial score (nSPS) is 12.2. The summed E-state index contributed by atoms with van der Waals surface area (Å²) < 4.78 is 0. The van der Waals surface area contributed by atoms with Gasteiger partial charge in [-0.3, -0.25) is 9.59 Å². The van der Waals surface area contributed by atoms with Crippen molar-refractivity contribution in [1.29, 1.82) is 0 Å². The van der Waals surface area contributed by atoms with Gasteiger partial charge >= 0.3 is 0 Å². The molecule has 0 saturated carbocycles. The van der Waals surface area contributed by atoms with Crippen LogP contribution in [0.3, 0.4) is 0 Å². The zero-order valence-corrected chi connectivity index (χ0v) is 21.1. The topological polar surface area (TPSA) is 87.2 Å². The molecule has 0 fully saturated rings. The lowest BCUT2D eigenvalue weighted by Crippen LogP contribution is -2.18. The number of anilines is 2. The molecule has 0 aliphatic carbocycles. The zero-order chi connectivity index (χ0) is 24.7. The van der Waals surface area contributed by atoms with Crippen molar-refractivity contribution < 1.29 is 9.59 Å². The van der Waals surface area contributed by atoms with Crippen LogP contribution in [0.5, 0.6) is 0 Å². The third-order valence-electron chi connectivity index (χ3n) is 5.31. The predicted molar refractivity (Wildman–Crippen MR) is 139 cm³/mol. The van der Waals surface area contributed by atoms with Crippen molar-refractivity contribution in [2.75, 3.05) is 31.3 Å². The van der Waals surface area contributed by atoms with Gasteiger partial charge < -0.3 is 15.5 Å². The van der Waals surface area contributed by atoms with E-state index in [9.17, 15) is 9.59 Å². The summed E-state index contributed by atoms with van der Waals surface area (Å²) in [4.78, 5) is 36.7. The van der Waals surface area contributed by atoms with Crippen LogP contribution in [-0.2, 0) is 16.0 Å². The smallest absolute Gasteiger partial charge is 0.249 e. The van der Waals surface area contributed by atoms with Gasteiger partial charge in [0, 0.05) is 35.5 Å². The van der Waals surface area contributed by atoms with Gasteiger partial charge in [0.05, 0.1) is 5.92 Å². The lowest BCUT2D eigenvalue weighted by atomic mass is 9.96. The Morgan fingerprint density at radius 2 is 1.91 bits per heavy atom. The average molecular weight is 478 g/mol. The van der Waals surface area contributed by atoms with Crippen LogP contribution in [-0.4, -0.2) is 47.3 Å². The fourth-order valence-corrected chi connectivity index (χ4v) is 4.03. The van der Waals surface area contributed by atoms with Crippen molar-refractivity contribution in [1.82, 2.24) is 14.9 Å². The molecule has 0 aliphatic heterocycles. The van der Waals surface area contributed by atoms with Crippen LogP contribution in [0.2, 0.25) is 0 Å². The number of nitrogens with one attached hydrogen (secondary N) is 2. The van der Waals surface area contributed by atoms with Gasteiger partial charge in [0.25, 0.3) is 0 Å². The monoisotopic (exact) mass is 477 g/mol. The molecule has 0 bridgehead atoms. The summed E-state index contributed by atoms with van der Waals surface area (Å²) in [5.74, 6) is -0.111. The highest BCUT2D eigenvalue weighted by atomic mass is 32.1. The Bertz CT molecular complexity index is 1190. The molecule has 3 rings (SSSR count). The molecule has 2 amide bonds. The number of likely N-dealkylation sites (N-methyl/N-ethyl adjacent to an activating group) is 1. The Morgan fingerprint density at radius 3 is 2.59 bits per heavy atom. The minimum absolute atomic E-state index is 0.0937. The van der Waals surface area contributed by atoms with Crippen molar-refractivity contribution in [3.8, 4) is 11.1 Å². The maximum Gasteiger partial charge on any atom is 0.249 e. The Balaban J connectivity index is 1.70. The Hall–Kier alpha value is -3.36. The third-order valence-corrected chi connectivity index (χ3v) is 6.36. The molecular weight excluding hydrogens is 446 g/mol. The molecule has 0 saturated heterocycles. The highest BCUT2D eigenvalue weighted by molar-refractivity contribution is 7.15. The number of hydrogen-bond donors (Lipinski definition) is 2. The standard InChI is InChI=1S/C26H31N5O2S/c1-6-22-16-28-26(34-22)30-25(33)18(3)19-9-7-10-20(14-19)21-13-17(2)24(27-15-21)29-23(32)11-8-12-31(4)5/h7-11,13-16,18H,6,12H2,1-5H3,(H,27,29,32)(H,28,30,33). The van der Waals surface area contributed by atoms with Crippen LogP contribution in [0, 0.1) is 6.92 Å². The average Bonchev–Trinajstić information content (AvgIpc) is 3.27. The summed E-state index contributed by atoms with van der Waals surface area (Å²) in [6.07, 6.45) is 7.75. The van der Waals surface area contributed by atoms with E-state index in [0.717, 1.165) is 33.6 Å². The summed E-state index contributed by atoms with van der Waals surface area (Å²) in [6.45, 7) is 6.55. The van der Waals surface area contributed by atoms with Gasteiger partial charge in [-0.1, -0.05) is 37.3 Å². The number of thiazole rings is 1. The largest absolute Gasteiger partial charge is 0.307 e. The van der Waals surface area contributed by atoms with Crippen LogP contribution < -0.4 is 10.6 Å². The molecule has 3 aromatic rings. The molecule has 1 atom stereocenters. The van der Waals surface area contributed by atoms with Crippen molar-refractivity contribution in [2.24, 2.45) is 0 Å². The SMILES string of the molecule is CCc1cnc(NC(=O)C(C)c2cccc(-c3cnc(NC(=O)C=CCN(C)C)c(C)c3)c2)s1. The van der Waals surface area contributed by atoms with Gasteiger partial charge in [-0.05, 0) is 57.1 Å². The fourth-order valence-electron chi connectivity index (χ4n) is 3.27. The van der Waals surface area contributed by atoms with Gasteiger partial charge in [-0.15, -0.1) is 11.3 Å². The van der Waals surface area contributed by atoms with Gasteiger partial charge in [0.2, 0.25) is 11.8 Å². The molecular formula is C26H31N5O2S. The molecule has 0 aliphatic rings. The Morgan fingerprint density at radius 1 is 1.12 bits per heavy atom. The van der Waals surface area contributed by atoms with Crippen molar-refractivity contribution in [2.45, 2.75) is 33.1 Å². The minimum Gasteiger partial charge on any atom is -0.307 e. The summed E-state index contributed by atoms with van der Waals surface area (Å²) in [6, 6.07) is 9.86. The van der Waals surface area contributed by atoms with E-state index in [2.05, 4.69) is 27.5 Å². The van der Waals surface area contributed by atoms with Gasteiger partial charge in [0.1, 0.15) is 5.82 Å². The second-order valence-corrected chi connectivity index (χ2v) is 9.48. The van der Waals surface area contributed by atoms with E-state index in [0.29, 0.717) is 17.5 Å². The maximum atomic E-state index is 12.8. The van der Waals surface area contributed by atoms with Gasteiger partial charge in [-0.2, -0.15) is 0 Å². The van der Waals surface area contributed by atoms with E-state index < -0.39 is 0 Å². The second kappa shape index (κ2) is 11.7. The van der Waals surface area contributed by atoms with E-state index in [1.54, 1.807) is 18.5 Å². The summed E-state index contributed by atoms with van der Waals surface area (Å²) >= 11 is 1.50. The molecule has 1 unspecified atom stereocenters. The van der Waals surface area contributed by atoms with Crippen LogP contribution in [0.15, 0.2) is 54.9 Å². The molecule has 0 radical (unpaired) electrons. The summed E-state index contributed by atoms with van der Waals surface area (Å²) in [5.41, 5.74) is 3.64. The molecule has 2 N–H and O–H groups in total. The molecule has 0 spiro atoms. The predicted octanol–water partition coefficient (Wildman–Crippen LogP) is 4.87. The Labute approximate surface area is 204 Å². The van der Waals surface area contributed by atoms with Crippen molar-refractivity contribution in [3.05, 3.63) is 70.9 Å². The van der Waals surface area contributed by atoms with E-state index in [1.807, 2.05) is 63.2 Å². The highest BCUT2D eigenvalue weighted by Crippen LogP contribution is 2.27. The molecule has 1 aromatic carbocycles. The molecule has 7 nitrogen and oxygen atoms in total. The van der Waals surface area contributed by atoms with Crippen LogP contribution in [0.1, 0.15) is 35.8 Å². The number of nitrogens with zero attached hydrogens (tertiary/aromatic N) is 3. The number of carbonyl (C=O) groups is 2. The number of benzene rings is 1. The number of aromatic nitrogens is 2. The highest BCUT2D eigenvalue weighted by Gasteiger charge is 2.17. The first-order chi connectivity index (χ1) is 16.3. The number of carbonyl (C=O) groups excluding carboxylic acids is 2. The molecule has 2 heterocycles. The summed E-state index contributed by atoms with van der Waals surface area (Å²) in [5, 5.41) is 6.36. The van der Waals surface area contributed by atoms with E-state index in [1.165, 1.54) is 17.4 Å². The quantitative estimate of drug-likeness (QED) is 0.429. The minimum atomic E-state index is -0.338. The van der Waals surface area contributed by atoms with E-state index in [4.69, 9.17) is 0 Å². The Kier molecular flexibility index (Phi) is 8.67. The molecule has 34 heavy (non-hydrogen) atoms. The molecule has 8 heteroatoms. The van der Waals surface area contributed by atoms with Crippen molar-refractivity contribution in [3.63, 3.8) is 0 Å². The second-order valence-electron chi connectivity index (χ2n) is 8.37.